The van der Waals surface area contributed by atoms with Crippen LogP contribution in [0.3, 0.4) is 0 Å². The highest BCUT2D eigenvalue weighted by Crippen LogP contribution is 2.37. The molecule has 21 heavy (non-hydrogen) atoms. The first-order valence-electron chi connectivity index (χ1n) is 6.61. The van der Waals surface area contributed by atoms with E-state index in [1.165, 1.54) is 0 Å². The van der Waals surface area contributed by atoms with Crippen molar-refractivity contribution in [3.8, 4) is 6.07 Å². The topological polar surface area (TPSA) is 115 Å². The van der Waals surface area contributed by atoms with E-state index in [9.17, 15) is 4.79 Å². The van der Waals surface area contributed by atoms with Crippen molar-refractivity contribution < 1.29 is 4.79 Å². The minimum Gasteiger partial charge on any atom is -0.382 e. The number of nitrogens with one attached hydrogen (secondary N) is 2. The number of benzene rings is 1. The maximum Gasteiger partial charge on any atom is 0.201 e. The number of hydrogen-bond donors (Lipinski definition) is 3. The molecule has 1 aliphatic rings. The number of ketones is 1. The fourth-order valence-corrected chi connectivity index (χ4v) is 2.40. The van der Waals surface area contributed by atoms with Gasteiger partial charge in [-0.1, -0.05) is 19.9 Å². The molecular formula is C15H17N5O. The van der Waals surface area contributed by atoms with Crippen molar-refractivity contribution in [3.05, 3.63) is 29.3 Å². The molecule has 1 aromatic rings. The molecule has 0 unspecified atom stereocenters. The van der Waals surface area contributed by atoms with Crippen LogP contribution in [0, 0.1) is 16.7 Å². The van der Waals surface area contributed by atoms with Gasteiger partial charge in [-0.2, -0.15) is 10.4 Å². The molecule has 108 valence electrons. The van der Waals surface area contributed by atoms with E-state index in [1.807, 2.05) is 6.07 Å². The number of hydrazone groups is 1. The average molecular weight is 283 g/mol. The van der Waals surface area contributed by atoms with Crippen LogP contribution in [0.5, 0.6) is 0 Å². The number of carbonyl (C=O) groups excluding carboxylic acids is 1. The van der Waals surface area contributed by atoms with E-state index in [4.69, 9.17) is 16.4 Å². The predicted molar refractivity (Wildman–Crippen MR) is 81.6 cm³/mol. The van der Waals surface area contributed by atoms with Gasteiger partial charge in [0.05, 0.1) is 5.69 Å². The van der Waals surface area contributed by atoms with Gasteiger partial charge >= 0.3 is 0 Å². The molecule has 0 radical (unpaired) electrons. The SMILES string of the molecule is CC1(C)CCC(=O)c2cc(N/N=C(\C#N)C(=N)N)ccc21. The summed E-state index contributed by atoms with van der Waals surface area (Å²) in [4.78, 5) is 12.1. The van der Waals surface area contributed by atoms with Gasteiger partial charge in [0.1, 0.15) is 6.07 Å². The number of Topliss-reactive ketones (excluding diaryl/α,β-unsaturated/α-hetero) is 1. The molecule has 1 aromatic carbocycles. The molecule has 0 spiro atoms. The van der Waals surface area contributed by atoms with Gasteiger partial charge in [0.15, 0.2) is 11.6 Å². The monoisotopic (exact) mass is 283 g/mol. The van der Waals surface area contributed by atoms with Crippen molar-refractivity contribution in [1.29, 1.82) is 10.7 Å². The van der Waals surface area contributed by atoms with E-state index in [-0.39, 0.29) is 16.9 Å². The van der Waals surface area contributed by atoms with Crippen molar-refractivity contribution in [3.63, 3.8) is 0 Å². The van der Waals surface area contributed by atoms with Gasteiger partial charge in [0.25, 0.3) is 0 Å². The van der Waals surface area contributed by atoms with Crippen LogP contribution in [-0.2, 0) is 5.41 Å². The van der Waals surface area contributed by atoms with Crippen molar-refractivity contribution in [1.82, 2.24) is 0 Å². The van der Waals surface area contributed by atoms with E-state index >= 15 is 0 Å². The molecular weight excluding hydrogens is 266 g/mol. The van der Waals surface area contributed by atoms with Crippen LogP contribution in [0.25, 0.3) is 0 Å². The van der Waals surface area contributed by atoms with Gasteiger partial charge in [-0.25, -0.2) is 0 Å². The number of nitriles is 1. The maximum absolute atomic E-state index is 12.1. The van der Waals surface area contributed by atoms with Crippen molar-refractivity contribution in [2.24, 2.45) is 10.8 Å². The summed E-state index contributed by atoms with van der Waals surface area (Å²) in [5.74, 6) is -0.288. The Morgan fingerprint density at radius 1 is 1.52 bits per heavy atom. The van der Waals surface area contributed by atoms with Gasteiger partial charge in [-0.3, -0.25) is 15.6 Å². The largest absolute Gasteiger partial charge is 0.382 e. The first-order valence-corrected chi connectivity index (χ1v) is 6.61. The number of hydrogen-bond acceptors (Lipinski definition) is 5. The van der Waals surface area contributed by atoms with Gasteiger partial charge < -0.3 is 5.73 Å². The molecule has 6 nitrogen and oxygen atoms in total. The standard InChI is InChI=1S/C15H17N5O/c1-15(2)6-5-13(21)10-7-9(3-4-11(10)15)19-20-12(8-16)14(17)18/h3-4,7,19H,5-6H2,1-2H3,(H3,17,18)/b20-12+. The summed E-state index contributed by atoms with van der Waals surface area (Å²) in [6.07, 6.45) is 1.37. The zero-order valence-electron chi connectivity index (χ0n) is 12.0. The number of nitrogens with two attached hydrogens (primary N) is 1. The lowest BCUT2D eigenvalue weighted by atomic mass is 9.72. The summed E-state index contributed by atoms with van der Waals surface area (Å²) in [5.41, 5.74) is 9.97. The van der Waals surface area contributed by atoms with Gasteiger partial charge in [0.2, 0.25) is 5.71 Å². The summed E-state index contributed by atoms with van der Waals surface area (Å²) in [7, 11) is 0. The van der Waals surface area contributed by atoms with Gasteiger partial charge in [-0.05, 0) is 29.5 Å². The minimum absolute atomic E-state index is 0.0256. The van der Waals surface area contributed by atoms with Crippen LogP contribution in [0.4, 0.5) is 5.69 Å². The average Bonchev–Trinajstić information content (AvgIpc) is 2.43. The van der Waals surface area contributed by atoms with E-state index < -0.39 is 5.84 Å². The number of carbonyl (C=O) groups is 1. The van der Waals surface area contributed by atoms with Crippen LogP contribution in [-0.4, -0.2) is 17.3 Å². The first kappa shape index (κ1) is 14.7. The van der Waals surface area contributed by atoms with Crippen molar-refractivity contribution in [2.45, 2.75) is 32.1 Å². The molecule has 0 amide bonds. The van der Waals surface area contributed by atoms with Crippen molar-refractivity contribution >= 4 is 23.0 Å². The Labute approximate surface area is 123 Å². The highest BCUT2D eigenvalue weighted by Gasteiger charge is 2.31. The summed E-state index contributed by atoms with van der Waals surface area (Å²) < 4.78 is 0. The van der Waals surface area contributed by atoms with E-state index in [1.54, 1.807) is 18.2 Å². The molecule has 0 saturated heterocycles. The third-order valence-corrected chi connectivity index (χ3v) is 3.68. The third kappa shape index (κ3) is 2.92. The van der Waals surface area contributed by atoms with Gasteiger partial charge in [-0.15, -0.1) is 0 Å². The molecule has 0 bridgehead atoms. The van der Waals surface area contributed by atoms with E-state index in [0.717, 1.165) is 12.0 Å². The Morgan fingerprint density at radius 3 is 2.86 bits per heavy atom. The number of anilines is 1. The van der Waals surface area contributed by atoms with Crippen LogP contribution in [0.2, 0.25) is 0 Å². The molecule has 0 aromatic heterocycles. The molecule has 0 fully saturated rings. The molecule has 0 saturated carbocycles. The fourth-order valence-electron chi connectivity index (χ4n) is 2.40. The number of amidine groups is 1. The summed E-state index contributed by atoms with van der Waals surface area (Å²) >= 11 is 0. The van der Waals surface area contributed by atoms with Crippen molar-refractivity contribution in [2.75, 3.05) is 5.43 Å². The highest BCUT2D eigenvalue weighted by atomic mass is 16.1. The molecule has 0 aliphatic heterocycles. The second-order valence-corrected chi connectivity index (χ2v) is 5.67. The number of nitrogens with zero attached hydrogens (tertiary/aromatic N) is 2. The number of fused-ring (bicyclic) bond motifs is 1. The Balaban J connectivity index is 2.34. The predicted octanol–water partition coefficient (Wildman–Crippen LogP) is 2.17. The summed E-state index contributed by atoms with van der Waals surface area (Å²) in [5, 5.41) is 19.7. The quantitative estimate of drug-likeness (QED) is 0.448. The summed E-state index contributed by atoms with van der Waals surface area (Å²) in [6, 6.07) is 7.17. The Hall–Kier alpha value is -2.68. The van der Waals surface area contributed by atoms with E-state index in [2.05, 4.69) is 24.4 Å². The van der Waals surface area contributed by atoms with Crippen LogP contribution >= 0.6 is 0 Å². The van der Waals surface area contributed by atoms with Crippen LogP contribution < -0.4 is 11.2 Å². The molecule has 6 heteroatoms. The Kier molecular flexibility index (Phi) is 3.76. The second-order valence-electron chi connectivity index (χ2n) is 5.67. The van der Waals surface area contributed by atoms with Crippen LogP contribution in [0.1, 0.15) is 42.6 Å². The smallest absolute Gasteiger partial charge is 0.201 e. The molecule has 2 rings (SSSR count). The lowest BCUT2D eigenvalue weighted by Crippen LogP contribution is -2.27. The van der Waals surface area contributed by atoms with Crippen LogP contribution in [0.15, 0.2) is 23.3 Å². The second kappa shape index (κ2) is 5.37. The Bertz CT molecular complexity index is 682. The van der Waals surface area contributed by atoms with E-state index in [0.29, 0.717) is 17.7 Å². The molecule has 1 aliphatic carbocycles. The first-order chi connectivity index (χ1) is 9.85. The highest BCUT2D eigenvalue weighted by molar-refractivity contribution is 6.45. The fraction of sp³-hybridized carbons (Fsp3) is 0.333. The maximum atomic E-state index is 12.1. The Morgan fingerprint density at radius 2 is 2.24 bits per heavy atom. The van der Waals surface area contributed by atoms with Gasteiger partial charge in [0, 0.05) is 12.0 Å². The number of rotatable bonds is 3. The lowest BCUT2D eigenvalue weighted by molar-refractivity contribution is 0.0957. The molecule has 0 atom stereocenters. The normalized spacial score (nSPS) is 16.8. The minimum atomic E-state index is -0.403. The zero-order valence-corrected chi connectivity index (χ0v) is 12.0. The zero-order chi connectivity index (χ0) is 15.6. The molecule has 0 heterocycles. The third-order valence-electron chi connectivity index (χ3n) is 3.68. The summed E-state index contributed by atoms with van der Waals surface area (Å²) in [6.45, 7) is 4.24. The molecule has 4 N–H and O–H groups in total. The lowest BCUT2D eigenvalue weighted by Gasteiger charge is -2.31.